The van der Waals surface area contributed by atoms with Gasteiger partial charge in [-0.2, -0.15) is 5.10 Å². The van der Waals surface area contributed by atoms with Crippen molar-refractivity contribution in [2.24, 2.45) is 11.7 Å². The third kappa shape index (κ3) is 3.38. The van der Waals surface area contributed by atoms with Crippen LogP contribution < -0.4 is 5.73 Å². The molecule has 2 heterocycles. The van der Waals surface area contributed by atoms with Crippen LogP contribution in [0.3, 0.4) is 0 Å². The van der Waals surface area contributed by atoms with Gasteiger partial charge in [0.2, 0.25) is 5.91 Å². The number of halogens is 1. The molecule has 2 aliphatic rings. The molecule has 1 aliphatic heterocycles. The predicted octanol–water partition coefficient (Wildman–Crippen LogP) is 3.09. The quantitative estimate of drug-likeness (QED) is 0.878. The normalized spacial score (nSPS) is 25.3. The molecule has 2 unspecified atom stereocenters. The van der Waals surface area contributed by atoms with Crippen LogP contribution in [-0.2, 0) is 17.8 Å². The molecule has 2 atom stereocenters. The second-order valence-corrected chi connectivity index (χ2v) is 7.68. The Morgan fingerprint density at radius 2 is 2.04 bits per heavy atom. The average Bonchev–Trinajstić information content (AvgIpc) is 3.04. The highest BCUT2D eigenvalue weighted by molar-refractivity contribution is 5.85. The second-order valence-electron chi connectivity index (χ2n) is 7.68. The van der Waals surface area contributed by atoms with Crippen molar-refractivity contribution >= 4 is 18.3 Å². The number of hydrogen-bond acceptors (Lipinski definition) is 3. The van der Waals surface area contributed by atoms with E-state index >= 15 is 0 Å². The van der Waals surface area contributed by atoms with E-state index in [9.17, 15) is 4.79 Å². The summed E-state index contributed by atoms with van der Waals surface area (Å²) in [5, 5.41) is 4.56. The molecule has 4 rings (SSSR count). The van der Waals surface area contributed by atoms with E-state index in [-0.39, 0.29) is 29.8 Å². The highest BCUT2D eigenvalue weighted by atomic mass is 35.5. The fraction of sp³-hybridized carbons (Fsp3) is 0.500. The molecular formula is C20H27ClN4O. The number of nitrogens with two attached hydrogens (primary N) is 1. The molecule has 26 heavy (non-hydrogen) atoms. The summed E-state index contributed by atoms with van der Waals surface area (Å²) in [6.07, 6.45) is 6.83. The van der Waals surface area contributed by atoms with Crippen LogP contribution in [0.1, 0.15) is 43.9 Å². The minimum Gasteiger partial charge on any atom is -0.338 e. The van der Waals surface area contributed by atoms with Gasteiger partial charge in [0.15, 0.2) is 0 Å². The van der Waals surface area contributed by atoms with Crippen molar-refractivity contribution in [2.45, 2.75) is 51.1 Å². The van der Waals surface area contributed by atoms with Crippen molar-refractivity contribution in [3.63, 3.8) is 0 Å². The maximum Gasteiger partial charge on any atom is 0.227 e. The zero-order valence-corrected chi connectivity index (χ0v) is 16.0. The summed E-state index contributed by atoms with van der Waals surface area (Å²) in [7, 11) is 0. The van der Waals surface area contributed by atoms with E-state index in [1.807, 2.05) is 40.9 Å². The molecule has 1 fully saturated rings. The van der Waals surface area contributed by atoms with Crippen LogP contribution in [-0.4, -0.2) is 32.7 Å². The molecule has 1 aliphatic carbocycles. The molecule has 1 aromatic carbocycles. The standard InChI is InChI=1S/C20H26N4O.ClH/c1-20(21)11-6-5-9-17(20)19(25)23-12-10-18-15(14-23)13-22-24(18)16-7-3-2-4-8-16;/h2-4,7-8,13,17H,5-6,9-12,14,21H2,1H3;1H. The molecule has 1 aromatic heterocycles. The Balaban J connectivity index is 0.00000196. The summed E-state index contributed by atoms with van der Waals surface area (Å²) in [6, 6.07) is 10.2. The summed E-state index contributed by atoms with van der Waals surface area (Å²) in [5.41, 5.74) is 9.51. The van der Waals surface area contributed by atoms with E-state index < -0.39 is 0 Å². The van der Waals surface area contributed by atoms with Gasteiger partial charge in [0.1, 0.15) is 0 Å². The van der Waals surface area contributed by atoms with Crippen LogP contribution in [0, 0.1) is 5.92 Å². The monoisotopic (exact) mass is 374 g/mol. The molecular weight excluding hydrogens is 348 g/mol. The van der Waals surface area contributed by atoms with Crippen LogP contribution in [0.4, 0.5) is 0 Å². The number of benzene rings is 1. The van der Waals surface area contributed by atoms with Crippen molar-refractivity contribution in [3.05, 3.63) is 47.8 Å². The number of carbonyl (C=O) groups is 1. The van der Waals surface area contributed by atoms with E-state index in [1.54, 1.807) is 0 Å². The Bertz CT molecular complexity index is 771. The lowest BCUT2D eigenvalue weighted by Gasteiger charge is -2.40. The molecule has 140 valence electrons. The van der Waals surface area contributed by atoms with Crippen LogP contribution in [0.2, 0.25) is 0 Å². The minimum absolute atomic E-state index is 0. The zero-order chi connectivity index (χ0) is 17.4. The summed E-state index contributed by atoms with van der Waals surface area (Å²) < 4.78 is 2.00. The largest absolute Gasteiger partial charge is 0.338 e. The SMILES string of the molecule is CC1(N)CCCCC1C(=O)N1CCc2c(cnn2-c2ccccc2)C1.Cl. The van der Waals surface area contributed by atoms with Gasteiger partial charge in [-0.05, 0) is 31.9 Å². The van der Waals surface area contributed by atoms with Crippen molar-refractivity contribution in [1.29, 1.82) is 0 Å². The Labute approximate surface area is 161 Å². The van der Waals surface area contributed by atoms with Crippen molar-refractivity contribution < 1.29 is 4.79 Å². The van der Waals surface area contributed by atoms with E-state index in [4.69, 9.17) is 5.73 Å². The number of aromatic nitrogens is 2. The topological polar surface area (TPSA) is 64.2 Å². The Hall–Kier alpha value is -1.85. The van der Waals surface area contributed by atoms with E-state index in [0.717, 1.165) is 49.9 Å². The van der Waals surface area contributed by atoms with E-state index in [0.29, 0.717) is 6.54 Å². The Morgan fingerprint density at radius 3 is 2.77 bits per heavy atom. The van der Waals surface area contributed by atoms with Gasteiger partial charge in [0.05, 0.1) is 23.5 Å². The molecule has 0 bridgehead atoms. The smallest absolute Gasteiger partial charge is 0.227 e. The van der Waals surface area contributed by atoms with Gasteiger partial charge in [0.25, 0.3) is 0 Å². The zero-order valence-electron chi connectivity index (χ0n) is 15.2. The van der Waals surface area contributed by atoms with Crippen LogP contribution in [0.25, 0.3) is 5.69 Å². The number of hydrogen-bond donors (Lipinski definition) is 1. The lowest BCUT2D eigenvalue weighted by atomic mass is 9.74. The highest BCUT2D eigenvalue weighted by Gasteiger charge is 2.40. The fourth-order valence-electron chi connectivity index (χ4n) is 4.30. The lowest BCUT2D eigenvalue weighted by molar-refractivity contribution is -0.139. The van der Waals surface area contributed by atoms with Gasteiger partial charge in [-0.3, -0.25) is 4.79 Å². The molecule has 1 amide bonds. The molecule has 0 saturated heterocycles. The van der Waals surface area contributed by atoms with E-state index in [1.165, 1.54) is 5.69 Å². The second kappa shape index (κ2) is 7.41. The third-order valence-corrected chi connectivity index (χ3v) is 5.80. The van der Waals surface area contributed by atoms with Crippen LogP contribution in [0.5, 0.6) is 0 Å². The van der Waals surface area contributed by atoms with E-state index in [2.05, 4.69) is 17.2 Å². The van der Waals surface area contributed by atoms with Gasteiger partial charge in [-0.1, -0.05) is 31.0 Å². The number of carbonyl (C=O) groups excluding carboxylic acids is 1. The molecule has 6 heteroatoms. The molecule has 5 nitrogen and oxygen atoms in total. The number of amides is 1. The summed E-state index contributed by atoms with van der Waals surface area (Å²) >= 11 is 0. The third-order valence-electron chi connectivity index (χ3n) is 5.80. The maximum atomic E-state index is 13.1. The number of rotatable bonds is 2. The first-order valence-electron chi connectivity index (χ1n) is 9.25. The molecule has 2 aromatic rings. The average molecular weight is 375 g/mol. The van der Waals surface area contributed by atoms with Gasteiger partial charge in [-0.25, -0.2) is 4.68 Å². The van der Waals surface area contributed by atoms with Gasteiger partial charge in [-0.15, -0.1) is 12.4 Å². The Kier molecular flexibility index (Phi) is 5.39. The molecule has 1 saturated carbocycles. The maximum absolute atomic E-state index is 13.1. The van der Waals surface area contributed by atoms with Crippen molar-refractivity contribution in [2.75, 3.05) is 6.54 Å². The summed E-state index contributed by atoms with van der Waals surface area (Å²) in [5.74, 6) is 0.176. The van der Waals surface area contributed by atoms with Gasteiger partial charge < -0.3 is 10.6 Å². The summed E-state index contributed by atoms with van der Waals surface area (Å²) in [4.78, 5) is 15.1. The van der Waals surface area contributed by atoms with Crippen LogP contribution in [0.15, 0.2) is 36.5 Å². The molecule has 0 radical (unpaired) electrons. The van der Waals surface area contributed by atoms with Crippen LogP contribution >= 0.6 is 12.4 Å². The van der Waals surface area contributed by atoms with Gasteiger partial charge >= 0.3 is 0 Å². The van der Waals surface area contributed by atoms with Crippen molar-refractivity contribution in [3.8, 4) is 5.69 Å². The Morgan fingerprint density at radius 1 is 1.27 bits per heavy atom. The number of fused-ring (bicyclic) bond motifs is 1. The van der Waals surface area contributed by atoms with Crippen molar-refractivity contribution in [1.82, 2.24) is 14.7 Å². The fourth-order valence-corrected chi connectivity index (χ4v) is 4.30. The number of nitrogens with zero attached hydrogens (tertiary/aromatic N) is 3. The minimum atomic E-state index is -0.371. The molecule has 0 spiro atoms. The first kappa shape index (κ1) is 18.9. The predicted molar refractivity (Wildman–Crippen MR) is 104 cm³/mol. The first-order chi connectivity index (χ1) is 12.1. The lowest BCUT2D eigenvalue weighted by Crippen LogP contribution is -2.54. The highest BCUT2D eigenvalue weighted by Crippen LogP contribution is 2.34. The van der Waals surface area contributed by atoms with Gasteiger partial charge in [0, 0.05) is 30.6 Å². The molecule has 2 N–H and O–H groups in total. The first-order valence-corrected chi connectivity index (χ1v) is 9.25. The summed E-state index contributed by atoms with van der Waals surface area (Å²) in [6.45, 7) is 3.43. The number of para-hydroxylation sites is 1.